The Morgan fingerprint density at radius 1 is 1.31 bits per heavy atom. The fourth-order valence-electron chi connectivity index (χ4n) is 3.14. The lowest BCUT2D eigenvalue weighted by Gasteiger charge is -2.16. The number of aromatic nitrogens is 3. The van der Waals surface area contributed by atoms with Crippen LogP contribution in [0.15, 0.2) is 41.0 Å². The number of sulfonamides is 1. The Morgan fingerprint density at radius 3 is 2.92 bits per heavy atom. The molecule has 0 unspecified atom stereocenters. The molecule has 10 heteroatoms. The summed E-state index contributed by atoms with van der Waals surface area (Å²) >= 11 is 0.964. The second-order valence-electron chi connectivity index (χ2n) is 6.11. The number of nitrogens with one attached hydrogen (secondary N) is 1. The van der Waals surface area contributed by atoms with E-state index in [1.807, 2.05) is 28.8 Å². The molecule has 1 N–H and O–H groups in total. The number of rotatable bonds is 4. The second-order valence-corrected chi connectivity index (χ2v) is 9.31. The maximum absolute atomic E-state index is 12.9. The Hall–Kier alpha value is -2.30. The monoisotopic (exact) mass is 391 g/mol. The molecule has 1 aliphatic heterocycles. The highest BCUT2D eigenvalue weighted by molar-refractivity contribution is 7.91. The molecule has 0 bridgehead atoms. The second kappa shape index (κ2) is 6.45. The average molecular weight is 391 g/mol. The summed E-state index contributed by atoms with van der Waals surface area (Å²) in [6.45, 7) is 2.18. The van der Waals surface area contributed by atoms with Crippen molar-refractivity contribution in [3.05, 3.63) is 36.8 Å². The molecule has 1 saturated heterocycles. The minimum absolute atomic E-state index is 0.0416. The van der Waals surface area contributed by atoms with Crippen molar-refractivity contribution in [2.45, 2.75) is 23.6 Å². The van der Waals surface area contributed by atoms with Gasteiger partial charge in [-0.15, -0.1) is 0 Å². The summed E-state index contributed by atoms with van der Waals surface area (Å²) in [5.74, 6) is -0.281. The molecule has 136 valence electrons. The number of amides is 1. The fraction of sp³-hybridized carbons (Fsp3) is 0.312. The van der Waals surface area contributed by atoms with E-state index in [9.17, 15) is 13.2 Å². The topological polar surface area (TPSA) is 97.2 Å². The number of hydrogen-bond acceptors (Lipinski definition) is 6. The van der Waals surface area contributed by atoms with Gasteiger partial charge in [0.2, 0.25) is 5.91 Å². The molecule has 1 aromatic carbocycles. The van der Waals surface area contributed by atoms with Gasteiger partial charge in [-0.2, -0.15) is 4.31 Å². The maximum Gasteiger partial charge on any atom is 0.254 e. The lowest BCUT2D eigenvalue weighted by atomic mass is 10.2. The molecule has 1 aliphatic rings. The number of carbonyl (C=O) groups is 1. The number of imidazole rings is 1. The first-order valence-corrected chi connectivity index (χ1v) is 10.4. The summed E-state index contributed by atoms with van der Waals surface area (Å²) in [6, 6.07) is 7.85. The summed E-state index contributed by atoms with van der Waals surface area (Å²) in [4.78, 5) is 19.5. The lowest BCUT2D eigenvalue weighted by molar-refractivity contribution is -0.114. The first-order chi connectivity index (χ1) is 12.4. The number of nitrogens with zero attached hydrogens (tertiary/aromatic N) is 4. The standard InChI is InChI=1S/C16H17N5O3S2/c1-11(22)19-16-17-8-15(25-16)26(23,24)20-7-6-12(9-20)21-10-18-13-4-2-3-5-14(13)21/h2-5,8,10,12H,6-7,9H2,1H3,(H,17,19,22)/t12-/m0/s1. The Labute approximate surface area is 154 Å². The molecule has 8 nitrogen and oxygen atoms in total. The highest BCUT2D eigenvalue weighted by atomic mass is 32.2. The molecule has 2 aromatic heterocycles. The Kier molecular flexibility index (Phi) is 4.25. The van der Waals surface area contributed by atoms with E-state index in [2.05, 4.69) is 15.3 Å². The minimum atomic E-state index is -3.63. The summed E-state index contributed by atoms with van der Waals surface area (Å²) in [6.07, 6.45) is 3.79. The van der Waals surface area contributed by atoms with Crippen molar-refractivity contribution in [3.8, 4) is 0 Å². The van der Waals surface area contributed by atoms with Gasteiger partial charge in [-0.1, -0.05) is 23.5 Å². The average Bonchev–Trinajstić information content (AvgIpc) is 3.33. The Balaban J connectivity index is 1.56. The van der Waals surface area contributed by atoms with Crippen LogP contribution in [0, 0.1) is 0 Å². The zero-order valence-electron chi connectivity index (χ0n) is 14.0. The zero-order chi connectivity index (χ0) is 18.3. The van der Waals surface area contributed by atoms with Gasteiger partial charge in [0.25, 0.3) is 10.0 Å². The van der Waals surface area contributed by atoms with Gasteiger partial charge in [0.1, 0.15) is 0 Å². The zero-order valence-corrected chi connectivity index (χ0v) is 15.6. The van der Waals surface area contributed by atoms with Gasteiger partial charge in [-0.3, -0.25) is 4.79 Å². The summed E-state index contributed by atoms with van der Waals surface area (Å²) in [7, 11) is -3.63. The van der Waals surface area contributed by atoms with Crippen molar-refractivity contribution in [2.24, 2.45) is 0 Å². The van der Waals surface area contributed by atoms with E-state index >= 15 is 0 Å². The predicted molar refractivity (Wildman–Crippen MR) is 98.6 cm³/mol. The first-order valence-electron chi connectivity index (χ1n) is 8.10. The fourth-order valence-corrected chi connectivity index (χ4v) is 5.86. The normalized spacial score (nSPS) is 18.4. The number of para-hydroxylation sites is 2. The highest BCUT2D eigenvalue weighted by Crippen LogP contribution is 2.32. The molecular formula is C16H17N5O3S2. The van der Waals surface area contributed by atoms with E-state index in [0.29, 0.717) is 13.1 Å². The van der Waals surface area contributed by atoms with Crippen LogP contribution in [0.25, 0.3) is 11.0 Å². The van der Waals surface area contributed by atoms with Crippen molar-refractivity contribution >= 4 is 43.4 Å². The molecule has 1 fully saturated rings. The quantitative estimate of drug-likeness (QED) is 0.734. The highest BCUT2D eigenvalue weighted by Gasteiger charge is 2.35. The minimum Gasteiger partial charge on any atom is -0.326 e. The molecule has 26 heavy (non-hydrogen) atoms. The van der Waals surface area contributed by atoms with Gasteiger partial charge in [0.15, 0.2) is 9.34 Å². The Morgan fingerprint density at radius 2 is 2.12 bits per heavy atom. The molecule has 4 rings (SSSR count). The third-order valence-corrected chi connectivity index (χ3v) is 7.58. The number of fused-ring (bicyclic) bond motifs is 1. The van der Waals surface area contributed by atoms with Crippen LogP contribution in [0.1, 0.15) is 19.4 Å². The third kappa shape index (κ3) is 3.00. The smallest absolute Gasteiger partial charge is 0.254 e. The van der Waals surface area contributed by atoms with E-state index in [-0.39, 0.29) is 21.3 Å². The van der Waals surface area contributed by atoms with Crippen molar-refractivity contribution < 1.29 is 13.2 Å². The van der Waals surface area contributed by atoms with Gasteiger partial charge >= 0.3 is 0 Å². The number of anilines is 1. The molecule has 0 radical (unpaired) electrons. The van der Waals surface area contributed by atoms with E-state index in [1.54, 1.807) is 6.33 Å². The molecule has 1 amide bonds. The molecule has 3 aromatic rings. The van der Waals surface area contributed by atoms with Crippen molar-refractivity contribution in [2.75, 3.05) is 18.4 Å². The van der Waals surface area contributed by atoms with E-state index in [4.69, 9.17) is 0 Å². The van der Waals surface area contributed by atoms with Crippen LogP contribution in [0.2, 0.25) is 0 Å². The van der Waals surface area contributed by atoms with Crippen LogP contribution in [-0.4, -0.2) is 46.3 Å². The molecular weight excluding hydrogens is 374 g/mol. The largest absolute Gasteiger partial charge is 0.326 e. The number of thiazole rings is 1. The third-order valence-electron chi connectivity index (χ3n) is 4.36. The molecule has 0 saturated carbocycles. The van der Waals surface area contributed by atoms with Crippen LogP contribution < -0.4 is 5.32 Å². The van der Waals surface area contributed by atoms with Crippen molar-refractivity contribution in [1.82, 2.24) is 18.8 Å². The van der Waals surface area contributed by atoms with Gasteiger partial charge in [-0.05, 0) is 18.6 Å². The van der Waals surface area contributed by atoms with Crippen molar-refractivity contribution in [3.63, 3.8) is 0 Å². The van der Waals surface area contributed by atoms with Crippen LogP contribution in [-0.2, 0) is 14.8 Å². The van der Waals surface area contributed by atoms with Gasteiger partial charge in [-0.25, -0.2) is 18.4 Å². The number of benzene rings is 1. The van der Waals surface area contributed by atoms with Crippen LogP contribution in [0.5, 0.6) is 0 Å². The number of carbonyl (C=O) groups excluding carboxylic acids is 1. The molecule has 0 aliphatic carbocycles. The van der Waals surface area contributed by atoms with Crippen molar-refractivity contribution in [1.29, 1.82) is 0 Å². The summed E-state index contributed by atoms with van der Waals surface area (Å²) < 4.78 is 29.4. The van der Waals surface area contributed by atoms with E-state index in [1.165, 1.54) is 17.4 Å². The Bertz CT molecular complexity index is 1070. The van der Waals surface area contributed by atoms with Crippen LogP contribution >= 0.6 is 11.3 Å². The van der Waals surface area contributed by atoms with Gasteiger partial charge < -0.3 is 9.88 Å². The van der Waals surface area contributed by atoms with Gasteiger partial charge in [0, 0.05) is 20.0 Å². The lowest BCUT2D eigenvalue weighted by Crippen LogP contribution is -2.28. The summed E-state index contributed by atoms with van der Waals surface area (Å²) in [5, 5.41) is 2.80. The first kappa shape index (κ1) is 17.1. The number of hydrogen-bond donors (Lipinski definition) is 1. The van der Waals surface area contributed by atoms with E-state index < -0.39 is 10.0 Å². The maximum atomic E-state index is 12.9. The van der Waals surface area contributed by atoms with E-state index in [0.717, 1.165) is 28.8 Å². The SMILES string of the molecule is CC(=O)Nc1ncc(S(=O)(=O)N2CC[C@H](n3cnc4ccccc43)C2)s1. The molecule has 0 spiro atoms. The van der Waals surface area contributed by atoms with Gasteiger partial charge in [0.05, 0.1) is 29.6 Å². The van der Waals surface area contributed by atoms with Crippen LogP contribution in [0.4, 0.5) is 5.13 Å². The predicted octanol–water partition coefficient (Wildman–Crippen LogP) is 2.09. The van der Waals surface area contributed by atoms with Crippen LogP contribution in [0.3, 0.4) is 0 Å². The summed E-state index contributed by atoms with van der Waals surface area (Å²) in [5.41, 5.74) is 1.90. The molecule has 1 atom stereocenters. The molecule has 3 heterocycles.